The van der Waals surface area contributed by atoms with E-state index >= 15 is 0 Å². The van der Waals surface area contributed by atoms with Gasteiger partial charge >= 0.3 is 0 Å². The first kappa shape index (κ1) is 17.1. The summed E-state index contributed by atoms with van der Waals surface area (Å²) in [7, 11) is 1.73. The molecule has 0 aliphatic rings. The number of benzene rings is 1. The highest BCUT2D eigenvalue weighted by Gasteiger charge is 2.17. The normalized spacial score (nSPS) is 10.9. The predicted octanol–water partition coefficient (Wildman–Crippen LogP) is 3.67. The summed E-state index contributed by atoms with van der Waals surface area (Å²) in [4.78, 5) is 30.8. The lowest BCUT2D eigenvalue weighted by molar-refractivity contribution is -0.116. The van der Waals surface area contributed by atoms with Gasteiger partial charge in [0.05, 0.1) is 10.6 Å². The Morgan fingerprint density at radius 2 is 1.96 bits per heavy atom. The number of thiophene rings is 1. The van der Waals surface area contributed by atoms with Crippen LogP contribution in [0.2, 0.25) is 0 Å². The van der Waals surface area contributed by atoms with Gasteiger partial charge < -0.3 is 4.90 Å². The molecule has 7 heteroatoms. The zero-order valence-corrected chi connectivity index (χ0v) is 15.6. The number of carbonyl (C=O) groups is 2. The molecule has 4 rings (SSSR count). The number of ketones is 1. The summed E-state index contributed by atoms with van der Waals surface area (Å²) in [6.07, 6.45) is 1.69. The molecule has 0 radical (unpaired) electrons. The van der Waals surface area contributed by atoms with Crippen molar-refractivity contribution in [2.24, 2.45) is 0 Å². The van der Waals surface area contributed by atoms with Gasteiger partial charge in [-0.15, -0.1) is 11.3 Å². The fourth-order valence-electron chi connectivity index (χ4n) is 2.81. The Bertz CT molecular complexity index is 1150. The number of anilines is 1. The molecule has 0 atom stereocenters. The SMILES string of the molecule is CC(=O)N(C)c1cccc(-c2ccnc3cc(C(=O)c4cccs4)nn23)c1. The molecule has 0 spiro atoms. The van der Waals surface area contributed by atoms with Gasteiger partial charge in [-0.2, -0.15) is 5.10 Å². The zero-order valence-electron chi connectivity index (χ0n) is 14.8. The number of nitrogens with zero attached hydrogens (tertiary/aromatic N) is 4. The highest BCUT2D eigenvalue weighted by molar-refractivity contribution is 7.12. The summed E-state index contributed by atoms with van der Waals surface area (Å²) in [5.41, 5.74) is 3.41. The molecule has 0 N–H and O–H groups in total. The summed E-state index contributed by atoms with van der Waals surface area (Å²) in [5, 5.41) is 6.35. The first-order valence-electron chi connectivity index (χ1n) is 8.32. The first-order chi connectivity index (χ1) is 13.0. The minimum Gasteiger partial charge on any atom is -0.316 e. The largest absolute Gasteiger partial charge is 0.316 e. The average Bonchev–Trinajstić information content (AvgIpc) is 3.36. The molecular formula is C20H16N4O2S. The molecule has 3 heterocycles. The number of amides is 1. The molecule has 0 bridgehead atoms. The summed E-state index contributed by atoms with van der Waals surface area (Å²) in [5.74, 6) is -0.165. The van der Waals surface area contributed by atoms with Crippen molar-refractivity contribution < 1.29 is 9.59 Å². The van der Waals surface area contributed by atoms with E-state index in [1.54, 1.807) is 34.8 Å². The van der Waals surface area contributed by atoms with E-state index in [9.17, 15) is 9.59 Å². The van der Waals surface area contributed by atoms with Gasteiger partial charge in [-0.3, -0.25) is 9.59 Å². The van der Waals surface area contributed by atoms with E-state index in [-0.39, 0.29) is 11.7 Å². The molecule has 0 saturated carbocycles. The highest BCUT2D eigenvalue weighted by Crippen LogP contribution is 2.25. The van der Waals surface area contributed by atoms with Gasteiger partial charge in [0.25, 0.3) is 0 Å². The Kier molecular flexibility index (Phi) is 4.29. The lowest BCUT2D eigenvalue weighted by Gasteiger charge is -2.16. The fraction of sp³-hybridized carbons (Fsp3) is 0.100. The average molecular weight is 376 g/mol. The standard InChI is InChI=1S/C20H16N4O2S/c1-13(25)23(2)15-6-3-5-14(11-15)17-8-9-21-19-12-16(22-24(17)19)20(26)18-7-4-10-27-18/h3-12H,1-2H3. The van der Waals surface area contributed by atoms with Crippen LogP contribution in [0.25, 0.3) is 16.9 Å². The molecular weight excluding hydrogens is 360 g/mol. The van der Waals surface area contributed by atoms with Crippen molar-refractivity contribution in [2.45, 2.75) is 6.92 Å². The Hall–Kier alpha value is -3.32. The number of aromatic nitrogens is 3. The third-order valence-electron chi connectivity index (χ3n) is 4.34. The van der Waals surface area contributed by atoms with Crippen molar-refractivity contribution in [3.8, 4) is 11.3 Å². The second kappa shape index (κ2) is 6.77. The minimum absolute atomic E-state index is 0.0463. The number of hydrogen-bond acceptors (Lipinski definition) is 5. The smallest absolute Gasteiger partial charge is 0.223 e. The van der Waals surface area contributed by atoms with Crippen molar-refractivity contribution in [3.63, 3.8) is 0 Å². The van der Waals surface area contributed by atoms with Gasteiger partial charge in [0, 0.05) is 37.5 Å². The van der Waals surface area contributed by atoms with Gasteiger partial charge in [0.15, 0.2) is 5.65 Å². The van der Waals surface area contributed by atoms with Gasteiger partial charge in [-0.05, 0) is 29.6 Å². The van der Waals surface area contributed by atoms with E-state index in [4.69, 9.17) is 0 Å². The highest BCUT2D eigenvalue weighted by atomic mass is 32.1. The molecule has 134 valence electrons. The summed E-state index contributed by atoms with van der Waals surface area (Å²) in [6.45, 7) is 1.52. The lowest BCUT2D eigenvalue weighted by Crippen LogP contribution is -2.22. The molecule has 0 fully saturated rings. The van der Waals surface area contributed by atoms with Crippen LogP contribution in [0.15, 0.2) is 60.1 Å². The zero-order chi connectivity index (χ0) is 19.0. The van der Waals surface area contributed by atoms with E-state index in [1.165, 1.54) is 18.3 Å². The summed E-state index contributed by atoms with van der Waals surface area (Å²) in [6, 6.07) is 14.8. The van der Waals surface area contributed by atoms with Crippen molar-refractivity contribution in [3.05, 3.63) is 70.7 Å². The number of fused-ring (bicyclic) bond motifs is 1. The van der Waals surface area contributed by atoms with Gasteiger partial charge in [-0.25, -0.2) is 9.50 Å². The monoisotopic (exact) mass is 376 g/mol. The number of carbonyl (C=O) groups excluding carboxylic acids is 2. The van der Waals surface area contributed by atoms with Crippen LogP contribution >= 0.6 is 11.3 Å². The Balaban J connectivity index is 1.80. The lowest BCUT2D eigenvalue weighted by atomic mass is 10.1. The molecule has 27 heavy (non-hydrogen) atoms. The number of rotatable bonds is 4. The molecule has 0 aliphatic carbocycles. The fourth-order valence-corrected chi connectivity index (χ4v) is 3.49. The van der Waals surface area contributed by atoms with Crippen LogP contribution in [0.4, 0.5) is 5.69 Å². The maximum absolute atomic E-state index is 12.6. The van der Waals surface area contributed by atoms with Crippen LogP contribution in [0.3, 0.4) is 0 Å². The summed E-state index contributed by atoms with van der Waals surface area (Å²) < 4.78 is 1.66. The van der Waals surface area contributed by atoms with Crippen LogP contribution in [0, 0.1) is 0 Å². The van der Waals surface area contributed by atoms with Crippen LogP contribution < -0.4 is 4.90 Å². The van der Waals surface area contributed by atoms with E-state index in [0.717, 1.165) is 16.9 Å². The van der Waals surface area contributed by atoms with Gasteiger partial charge in [-0.1, -0.05) is 18.2 Å². The molecule has 4 aromatic rings. The van der Waals surface area contributed by atoms with Crippen molar-refractivity contribution >= 4 is 34.4 Å². The van der Waals surface area contributed by atoms with Crippen LogP contribution in [-0.4, -0.2) is 33.3 Å². The van der Waals surface area contributed by atoms with Crippen LogP contribution in [-0.2, 0) is 4.79 Å². The second-order valence-corrected chi connectivity index (χ2v) is 7.01. The van der Waals surface area contributed by atoms with Crippen molar-refractivity contribution in [2.75, 3.05) is 11.9 Å². The Labute approximate surface area is 159 Å². The van der Waals surface area contributed by atoms with Crippen LogP contribution in [0.5, 0.6) is 0 Å². The third-order valence-corrected chi connectivity index (χ3v) is 5.21. The summed E-state index contributed by atoms with van der Waals surface area (Å²) >= 11 is 1.39. The first-order valence-corrected chi connectivity index (χ1v) is 9.20. The van der Waals surface area contributed by atoms with E-state index < -0.39 is 0 Å². The molecule has 0 aliphatic heterocycles. The topological polar surface area (TPSA) is 67.6 Å². The molecule has 0 unspecified atom stereocenters. The second-order valence-electron chi connectivity index (χ2n) is 6.06. The minimum atomic E-state index is -0.119. The van der Waals surface area contributed by atoms with Crippen molar-refractivity contribution in [1.82, 2.24) is 14.6 Å². The van der Waals surface area contributed by atoms with E-state index in [0.29, 0.717) is 16.2 Å². The quantitative estimate of drug-likeness (QED) is 0.510. The van der Waals surface area contributed by atoms with Gasteiger partial charge in [0.2, 0.25) is 11.7 Å². The molecule has 1 amide bonds. The molecule has 0 saturated heterocycles. The third kappa shape index (κ3) is 3.13. The molecule has 6 nitrogen and oxygen atoms in total. The van der Waals surface area contributed by atoms with Gasteiger partial charge in [0.1, 0.15) is 5.69 Å². The maximum Gasteiger partial charge on any atom is 0.223 e. The Morgan fingerprint density at radius 1 is 1.11 bits per heavy atom. The van der Waals surface area contributed by atoms with E-state index in [1.807, 2.05) is 41.8 Å². The van der Waals surface area contributed by atoms with Crippen molar-refractivity contribution in [1.29, 1.82) is 0 Å². The maximum atomic E-state index is 12.6. The number of hydrogen-bond donors (Lipinski definition) is 0. The molecule has 1 aromatic carbocycles. The Morgan fingerprint density at radius 3 is 2.70 bits per heavy atom. The predicted molar refractivity (Wildman–Crippen MR) is 105 cm³/mol. The van der Waals surface area contributed by atoms with Crippen LogP contribution in [0.1, 0.15) is 22.3 Å². The van der Waals surface area contributed by atoms with E-state index in [2.05, 4.69) is 10.1 Å². The molecule has 3 aromatic heterocycles.